The maximum Gasteiger partial charge on any atom is 0.251 e. The van der Waals surface area contributed by atoms with Crippen LogP contribution in [0.5, 0.6) is 0 Å². The molecule has 6 heteroatoms. The standard InChI is InChI=1S/C14H14BrClN2OS/c1-8(13-6-10(15)7-20-13)18-12-5-9(14(19)17-2)3-4-11(12)16/h3-8,18H,1-2H3,(H,17,19). The zero-order valence-electron chi connectivity index (χ0n) is 11.0. The minimum absolute atomic E-state index is 0.115. The van der Waals surface area contributed by atoms with E-state index in [-0.39, 0.29) is 11.9 Å². The number of nitrogens with one attached hydrogen (secondary N) is 2. The Bertz CT molecular complexity index is 629. The van der Waals surface area contributed by atoms with Gasteiger partial charge in [0.15, 0.2) is 0 Å². The quantitative estimate of drug-likeness (QED) is 0.816. The molecule has 1 atom stereocenters. The van der Waals surface area contributed by atoms with Gasteiger partial charge in [0.05, 0.1) is 16.8 Å². The monoisotopic (exact) mass is 372 g/mol. The molecule has 1 amide bonds. The van der Waals surface area contributed by atoms with E-state index in [1.54, 1.807) is 36.6 Å². The van der Waals surface area contributed by atoms with Crippen molar-refractivity contribution in [1.29, 1.82) is 0 Å². The lowest BCUT2D eigenvalue weighted by Crippen LogP contribution is -2.18. The minimum atomic E-state index is -0.128. The molecule has 0 spiro atoms. The van der Waals surface area contributed by atoms with Crippen molar-refractivity contribution in [3.05, 3.63) is 49.6 Å². The molecule has 1 aromatic heterocycles. The fraction of sp³-hybridized carbons (Fsp3) is 0.214. The third-order valence-electron chi connectivity index (χ3n) is 2.84. The molecule has 0 saturated heterocycles. The average Bonchev–Trinajstić information content (AvgIpc) is 2.87. The summed E-state index contributed by atoms with van der Waals surface area (Å²) in [5, 5.41) is 8.57. The van der Waals surface area contributed by atoms with Crippen LogP contribution in [0.25, 0.3) is 0 Å². The number of carbonyl (C=O) groups is 1. The molecule has 0 aliphatic rings. The Balaban J connectivity index is 2.22. The van der Waals surface area contributed by atoms with Crippen LogP contribution in [0.4, 0.5) is 5.69 Å². The van der Waals surface area contributed by atoms with Gasteiger partial charge in [-0.2, -0.15) is 0 Å². The van der Waals surface area contributed by atoms with Crippen LogP contribution < -0.4 is 10.6 Å². The average molecular weight is 374 g/mol. The Morgan fingerprint density at radius 2 is 2.15 bits per heavy atom. The van der Waals surface area contributed by atoms with Gasteiger partial charge in [0.25, 0.3) is 5.91 Å². The summed E-state index contributed by atoms with van der Waals surface area (Å²) >= 11 is 11.3. The van der Waals surface area contributed by atoms with E-state index in [2.05, 4.69) is 39.6 Å². The summed E-state index contributed by atoms with van der Waals surface area (Å²) in [6.45, 7) is 2.06. The summed E-state index contributed by atoms with van der Waals surface area (Å²) in [6.07, 6.45) is 0. The molecule has 20 heavy (non-hydrogen) atoms. The van der Waals surface area contributed by atoms with Crippen LogP contribution in [0, 0.1) is 0 Å². The van der Waals surface area contributed by atoms with Crippen LogP contribution in [-0.4, -0.2) is 13.0 Å². The predicted molar refractivity (Wildman–Crippen MR) is 88.9 cm³/mol. The van der Waals surface area contributed by atoms with Crippen molar-refractivity contribution in [3.63, 3.8) is 0 Å². The molecule has 2 aromatic rings. The van der Waals surface area contributed by atoms with E-state index < -0.39 is 0 Å². The molecule has 0 saturated carbocycles. The van der Waals surface area contributed by atoms with Crippen molar-refractivity contribution in [3.8, 4) is 0 Å². The van der Waals surface area contributed by atoms with Gasteiger partial charge >= 0.3 is 0 Å². The topological polar surface area (TPSA) is 41.1 Å². The van der Waals surface area contributed by atoms with Crippen molar-refractivity contribution in [2.24, 2.45) is 0 Å². The summed E-state index contributed by atoms with van der Waals surface area (Å²) in [4.78, 5) is 12.8. The maximum absolute atomic E-state index is 11.6. The van der Waals surface area contributed by atoms with Crippen molar-refractivity contribution in [1.82, 2.24) is 5.32 Å². The molecule has 0 fully saturated rings. The summed E-state index contributed by atoms with van der Waals surface area (Å²) in [5.41, 5.74) is 1.34. The lowest BCUT2D eigenvalue weighted by atomic mass is 10.1. The zero-order valence-corrected chi connectivity index (χ0v) is 14.2. The number of amides is 1. The molecule has 106 valence electrons. The van der Waals surface area contributed by atoms with Crippen molar-refractivity contribution in [2.75, 3.05) is 12.4 Å². The van der Waals surface area contributed by atoms with Gasteiger partial charge in [-0.1, -0.05) is 11.6 Å². The first kappa shape index (κ1) is 15.4. The molecule has 1 unspecified atom stereocenters. The maximum atomic E-state index is 11.6. The normalized spacial score (nSPS) is 12.0. The second kappa shape index (κ2) is 6.61. The molecular formula is C14H14BrClN2OS. The summed E-state index contributed by atoms with van der Waals surface area (Å²) in [5.74, 6) is -0.128. The second-order valence-corrected chi connectivity index (χ2v) is 6.57. The van der Waals surface area contributed by atoms with Gasteiger partial charge in [-0.15, -0.1) is 11.3 Å². The number of anilines is 1. The second-order valence-electron chi connectivity index (χ2n) is 4.31. The molecule has 0 radical (unpaired) electrons. The number of benzene rings is 1. The first-order chi connectivity index (χ1) is 9.51. The lowest BCUT2D eigenvalue weighted by Gasteiger charge is -2.15. The van der Waals surface area contributed by atoms with E-state index in [0.717, 1.165) is 10.2 Å². The highest BCUT2D eigenvalue weighted by atomic mass is 79.9. The smallest absolute Gasteiger partial charge is 0.251 e. The number of halogens is 2. The predicted octanol–water partition coefficient (Wildman–Crippen LogP) is 4.70. The van der Waals surface area contributed by atoms with Crippen molar-refractivity contribution >= 4 is 50.5 Å². The summed E-state index contributed by atoms with van der Waals surface area (Å²) in [6, 6.07) is 7.38. The van der Waals surface area contributed by atoms with Gasteiger partial charge in [-0.25, -0.2) is 0 Å². The van der Waals surface area contributed by atoms with Crippen LogP contribution in [0.15, 0.2) is 34.1 Å². The summed E-state index contributed by atoms with van der Waals surface area (Å²) < 4.78 is 1.07. The van der Waals surface area contributed by atoms with E-state index in [0.29, 0.717) is 10.6 Å². The van der Waals surface area contributed by atoms with Crippen molar-refractivity contribution < 1.29 is 4.79 Å². The first-order valence-corrected chi connectivity index (χ1v) is 8.08. The van der Waals surface area contributed by atoms with Crippen LogP contribution in [-0.2, 0) is 0 Å². The van der Waals surface area contributed by atoms with E-state index in [4.69, 9.17) is 11.6 Å². The Morgan fingerprint density at radius 3 is 2.75 bits per heavy atom. The molecule has 3 nitrogen and oxygen atoms in total. The van der Waals surface area contributed by atoms with Crippen LogP contribution in [0.2, 0.25) is 5.02 Å². The minimum Gasteiger partial charge on any atom is -0.376 e. The van der Waals surface area contributed by atoms with E-state index >= 15 is 0 Å². The van der Waals surface area contributed by atoms with Gasteiger partial charge in [0.2, 0.25) is 0 Å². The van der Waals surface area contributed by atoms with Gasteiger partial charge in [-0.05, 0) is 47.1 Å². The molecular weight excluding hydrogens is 360 g/mol. The Morgan fingerprint density at radius 1 is 1.40 bits per heavy atom. The number of hydrogen-bond donors (Lipinski definition) is 2. The molecule has 1 heterocycles. The van der Waals surface area contributed by atoms with Gasteiger partial charge in [0, 0.05) is 27.3 Å². The van der Waals surface area contributed by atoms with Crippen LogP contribution in [0.3, 0.4) is 0 Å². The molecule has 2 rings (SSSR count). The van der Waals surface area contributed by atoms with Crippen LogP contribution >= 0.6 is 38.9 Å². The molecule has 1 aromatic carbocycles. The highest BCUT2D eigenvalue weighted by Gasteiger charge is 2.12. The third-order valence-corrected chi connectivity index (χ3v) is 5.05. The van der Waals surface area contributed by atoms with E-state index in [1.165, 1.54) is 4.88 Å². The van der Waals surface area contributed by atoms with Crippen LogP contribution in [0.1, 0.15) is 28.2 Å². The first-order valence-electron chi connectivity index (χ1n) is 6.03. The fourth-order valence-corrected chi connectivity index (χ4v) is 3.41. The third kappa shape index (κ3) is 3.53. The van der Waals surface area contributed by atoms with Gasteiger partial charge in [0.1, 0.15) is 0 Å². The number of hydrogen-bond acceptors (Lipinski definition) is 3. The van der Waals surface area contributed by atoms with E-state index in [9.17, 15) is 4.79 Å². The fourth-order valence-electron chi connectivity index (χ4n) is 1.78. The SMILES string of the molecule is CNC(=O)c1ccc(Cl)c(NC(C)c2cc(Br)cs2)c1. The number of thiophene rings is 1. The molecule has 0 aliphatic carbocycles. The highest BCUT2D eigenvalue weighted by Crippen LogP contribution is 2.31. The lowest BCUT2D eigenvalue weighted by molar-refractivity contribution is 0.0963. The Labute approximate surface area is 135 Å². The Kier molecular flexibility index (Phi) is 5.07. The van der Waals surface area contributed by atoms with E-state index in [1.807, 2.05) is 5.38 Å². The largest absolute Gasteiger partial charge is 0.376 e. The number of rotatable bonds is 4. The van der Waals surface area contributed by atoms with Gasteiger partial charge < -0.3 is 10.6 Å². The summed E-state index contributed by atoms with van der Waals surface area (Å²) in [7, 11) is 1.61. The van der Waals surface area contributed by atoms with Gasteiger partial charge in [-0.3, -0.25) is 4.79 Å². The molecule has 0 bridgehead atoms. The zero-order chi connectivity index (χ0) is 14.7. The highest BCUT2D eigenvalue weighted by molar-refractivity contribution is 9.10. The molecule has 0 aliphatic heterocycles. The van der Waals surface area contributed by atoms with Crippen molar-refractivity contribution in [2.45, 2.75) is 13.0 Å². The molecule has 2 N–H and O–H groups in total. The number of carbonyl (C=O) groups excluding carboxylic acids is 1. The Hall–Kier alpha value is -1.04.